The lowest BCUT2D eigenvalue weighted by Gasteiger charge is -2.49. The van der Waals surface area contributed by atoms with E-state index in [1.807, 2.05) is 0 Å². The second-order valence-corrected chi connectivity index (χ2v) is 6.29. The van der Waals surface area contributed by atoms with Gasteiger partial charge in [0.25, 0.3) is 0 Å². The van der Waals surface area contributed by atoms with Gasteiger partial charge in [0, 0.05) is 6.54 Å². The summed E-state index contributed by atoms with van der Waals surface area (Å²) in [4.78, 5) is 0. The molecular formula is C11H23NO. The van der Waals surface area contributed by atoms with Crippen molar-refractivity contribution < 1.29 is 5.11 Å². The summed E-state index contributed by atoms with van der Waals surface area (Å²) in [6.45, 7) is 9.26. The lowest BCUT2D eigenvalue weighted by Crippen LogP contribution is -2.50. The smallest absolute Gasteiger partial charge is 0.0779 e. The monoisotopic (exact) mass is 185 g/mol. The topological polar surface area (TPSA) is 46.2 Å². The van der Waals surface area contributed by atoms with Crippen LogP contribution in [0.5, 0.6) is 0 Å². The summed E-state index contributed by atoms with van der Waals surface area (Å²) in [5, 5.41) is 10.2. The van der Waals surface area contributed by atoms with Gasteiger partial charge in [-0.3, -0.25) is 0 Å². The molecule has 0 bridgehead atoms. The lowest BCUT2D eigenvalue weighted by molar-refractivity contribution is -0.0791. The molecule has 1 aliphatic rings. The Morgan fingerprint density at radius 2 is 1.38 bits per heavy atom. The summed E-state index contributed by atoms with van der Waals surface area (Å²) in [5.74, 6) is 0. The van der Waals surface area contributed by atoms with Crippen LogP contribution in [0.4, 0.5) is 0 Å². The molecule has 1 aliphatic carbocycles. The van der Waals surface area contributed by atoms with Crippen molar-refractivity contribution in [1.82, 2.24) is 0 Å². The van der Waals surface area contributed by atoms with Crippen LogP contribution in [0.1, 0.15) is 47.0 Å². The highest BCUT2D eigenvalue weighted by Gasteiger charge is 2.45. The summed E-state index contributed by atoms with van der Waals surface area (Å²) in [5.41, 5.74) is 5.43. The van der Waals surface area contributed by atoms with E-state index in [2.05, 4.69) is 27.7 Å². The van der Waals surface area contributed by atoms with Gasteiger partial charge in [0.1, 0.15) is 0 Å². The Morgan fingerprint density at radius 1 is 1.00 bits per heavy atom. The Hall–Kier alpha value is -0.0800. The quantitative estimate of drug-likeness (QED) is 0.655. The van der Waals surface area contributed by atoms with Crippen molar-refractivity contribution in [2.75, 3.05) is 6.54 Å². The van der Waals surface area contributed by atoms with E-state index in [0.29, 0.717) is 6.54 Å². The van der Waals surface area contributed by atoms with E-state index >= 15 is 0 Å². The zero-order valence-corrected chi connectivity index (χ0v) is 9.35. The fraction of sp³-hybridized carbons (Fsp3) is 1.00. The summed E-state index contributed by atoms with van der Waals surface area (Å²) in [6.07, 6.45) is 2.84. The molecule has 0 aromatic carbocycles. The van der Waals surface area contributed by atoms with Crippen molar-refractivity contribution in [3.63, 3.8) is 0 Å². The Bertz CT molecular complexity index is 180. The van der Waals surface area contributed by atoms with Gasteiger partial charge in [-0.25, -0.2) is 0 Å². The molecule has 0 unspecified atom stereocenters. The maximum absolute atomic E-state index is 10.2. The van der Waals surface area contributed by atoms with E-state index in [0.717, 1.165) is 12.8 Å². The molecule has 1 rings (SSSR count). The van der Waals surface area contributed by atoms with Crippen LogP contribution in [0, 0.1) is 10.8 Å². The van der Waals surface area contributed by atoms with E-state index in [9.17, 15) is 5.11 Å². The third kappa shape index (κ3) is 2.68. The minimum absolute atomic E-state index is 0.218. The first-order valence-corrected chi connectivity index (χ1v) is 5.11. The average Bonchev–Trinajstić information content (AvgIpc) is 1.79. The highest BCUT2D eigenvalue weighted by molar-refractivity contribution is 4.98. The maximum atomic E-state index is 10.2. The molecule has 13 heavy (non-hydrogen) atoms. The molecule has 0 spiro atoms. The van der Waals surface area contributed by atoms with Crippen molar-refractivity contribution in [3.05, 3.63) is 0 Å². The second-order valence-electron chi connectivity index (χ2n) is 6.29. The highest BCUT2D eigenvalue weighted by Crippen LogP contribution is 2.49. The third-order valence-corrected chi connectivity index (χ3v) is 2.95. The first-order chi connectivity index (χ1) is 5.68. The minimum atomic E-state index is -0.634. The van der Waals surface area contributed by atoms with E-state index in [1.54, 1.807) is 0 Å². The lowest BCUT2D eigenvalue weighted by atomic mass is 9.60. The standard InChI is InChI=1S/C11H23NO/c1-9(2)5-10(3,4)7-11(13,6-9)8-12/h13H,5-8,12H2,1-4H3. The van der Waals surface area contributed by atoms with Gasteiger partial charge in [-0.05, 0) is 30.1 Å². The van der Waals surface area contributed by atoms with Crippen molar-refractivity contribution in [3.8, 4) is 0 Å². The van der Waals surface area contributed by atoms with Gasteiger partial charge in [0.05, 0.1) is 5.60 Å². The fourth-order valence-corrected chi connectivity index (χ4v) is 3.41. The predicted molar refractivity (Wildman–Crippen MR) is 55.4 cm³/mol. The molecule has 1 fully saturated rings. The molecule has 1 saturated carbocycles. The van der Waals surface area contributed by atoms with Gasteiger partial charge in [-0.1, -0.05) is 27.7 Å². The molecule has 3 N–H and O–H groups in total. The SMILES string of the molecule is CC1(C)CC(C)(C)CC(O)(CN)C1. The van der Waals surface area contributed by atoms with Crippen LogP contribution in [0.3, 0.4) is 0 Å². The van der Waals surface area contributed by atoms with Crippen LogP contribution in [-0.2, 0) is 0 Å². The molecule has 0 atom stereocenters. The van der Waals surface area contributed by atoms with Crippen molar-refractivity contribution in [1.29, 1.82) is 0 Å². The maximum Gasteiger partial charge on any atom is 0.0779 e. The van der Waals surface area contributed by atoms with Crippen molar-refractivity contribution in [2.45, 2.75) is 52.6 Å². The summed E-state index contributed by atoms with van der Waals surface area (Å²) < 4.78 is 0. The minimum Gasteiger partial charge on any atom is -0.389 e. The van der Waals surface area contributed by atoms with Gasteiger partial charge >= 0.3 is 0 Å². The summed E-state index contributed by atoms with van der Waals surface area (Å²) >= 11 is 0. The van der Waals surface area contributed by atoms with Crippen molar-refractivity contribution >= 4 is 0 Å². The first kappa shape index (κ1) is 11.0. The molecular weight excluding hydrogens is 162 g/mol. The second kappa shape index (κ2) is 2.96. The third-order valence-electron chi connectivity index (χ3n) is 2.95. The Labute approximate surface area is 81.5 Å². The van der Waals surface area contributed by atoms with Gasteiger partial charge < -0.3 is 10.8 Å². The average molecular weight is 185 g/mol. The van der Waals surface area contributed by atoms with E-state index < -0.39 is 5.60 Å². The summed E-state index contributed by atoms with van der Waals surface area (Å²) in [7, 11) is 0. The van der Waals surface area contributed by atoms with E-state index in [1.165, 1.54) is 6.42 Å². The molecule has 0 saturated heterocycles. The highest BCUT2D eigenvalue weighted by atomic mass is 16.3. The number of rotatable bonds is 1. The zero-order valence-electron chi connectivity index (χ0n) is 9.35. The largest absolute Gasteiger partial charge is 0.389 e. The first-order valence-electron chi connectivity index (χ1n) is 5.11. The molecule has 2 nitrogen and oxygen atoms in total. The van der Waals surface area contributed by atoms with Crippen molar-refractivity contribution in [2.24, 2.45) is 16.6 Å². The molecule has 0 aromatic rings. The van der Waals surface area contributed by atoms with E-state index in [-0.39, 0.29) is 10.8 Å². The normalized spacial score (nSPS) is 30.0. The van der Waals surface area contributed by atoms with Crippen LogP contribution in [0.2, 0.25) is 0 Å². The van der Waals surface area contributed by atoms with Crippen LogP contribution in [0.15, 0.2) is 0 Å². The fourth-order valence-electron chi connectivity index (χ4n) is 3.41. The predicted octanol–water partition coefficient (Wildman–Crippen LogP) is 1.91. The van der Waals surface area contributed by atoms with Crippen LogP contribution in [0.25, 0.3) is 0 Å². The number of hydrogen-bond acceptors (Lipinski definition) is 2. The number of aliphatic hydroxyl groups is 1. The van der Waals surface area contributed by atoms with Crippen LogP contribution >= 0.6 is 0 Å². The zero-order chi connectivity index (χ0) is 10.3. The van der Waals surface area contributed by atoms with Gasteiger partial charge in [0.2, 0.25) is 0 Å². The molecule has 0 heterocycles. The summed E-state index contributed by atoms with van der Waals surface area (Å²) in [6, 6.07) is 0. The molecule has 2 heteroatoms. The van der Waals surface area contributed by atoms with Gasteiger partial charge in [-0.2, -0.15) is 0 Å². The molecule has 0 aliphatic heterocycles. The molecule has 0 amide bonds. The van der Waals surface area contributed by atoms with Gasteiger partial charge in [0.15, 0.2) is 0 Å². The Morgan fingerprint density at radius 3 is 1.69 bits per heavy atom. The molecule has 78 valence electrons. The molecule has 0 aromatic heterocycles. The Kier molecular flexibility index (Phi) is 2.50. The van der Waals surface area contributed by atoms with Crippen LogP contribution < -0.4 is 5.73 Å². The van der Waals surface area contributed by atoms with E-state index in [4.69, 9.17) is 5.73 Å². The molecule has 0 radical (unpaired) electrons. The van der Waals surface area contributed by atoms with Gasteiger partial charge in [-0.15, -0.1) is 0 Å². The van der Waals surface area contributed by atoms with Crippen LogP contribution in [-0.4, -0.2) is 17.3 Å². The number of hydrogen-bond donors (Lipinski definition) is 2. The Balaban J connectivity index is 2.84. The number of nitrogens with two attached hydrogens (primary N) is 1.